The molecule has 0 N–H and O–H groups in total. The van der Waals surface area contributed by atoms with Gasteiger partial charge in [0.15, 0.2) is 0 Å². The summed E-state index contributed by atoms with van der Waals surface area (Å²) in [4.78, 5) is 14.8. The molecule has 0 aliphatic carbocycles. The first-order valence-electron chi connectivity index (χ1n) is 10.1. The van der Waals surface area contributed by atoms with E-state index in [1.54, 1.807) is 29.2 Å². The molecular weight excluding hydrogens is 436 g/mol. The summed E-state index contributed by atoms with van der Waals surface area (Å²) < 4.78 is 33.7. The number of hydrogen-bond acceptors (Lipinski definition) is 4. The quantitative estimate of drug-likeness (QED) is 0.564. The maximum absolute atomic E-state index is 13.6. The fraction of sp³-hybridized carbons (Fsp3) is 0.348. The Balaban J connectivity index is 2.03. The molecule has 1 aliphatic heterocycles. The third kappa shape index (κ3) is 4.88. The van der Waals surface area contributed by atoms with E-state index in [2.05, 4.69) is 13.5 Å². The molecule has 1 amide bonds. The molecule has 1 unspecified atom stereocenters. The lowest BCUT2D eigenvalue weighted by atomic mass is 9.99. The van der Waals surface area contributed by atoms with E-state index in [0.29, 0.717) is 30.4 Å². The number of amides is 1. The van der Waals surface area contributed by atoms with Crippen molar-refractivity contribution in [3.8, 4) is 5.75 Å². The molecule has 3 rings (SSSR count). The number of anilines is 1. The second kappa shape index (κ2) is 9.75. The Morgan fingerprint density at radius 1 is 1.32 bits per heavy atom. The van der Waals surface area contributed by atoms with E-state index in [4.69, 9.17) is 16.3 Å². The predicted molar refractivity (Wildman–Crippen MR) is 123 cm³/mol. The monoisotopic (exact) mass is 462 g/mol. The molecule has 1 saturated heterocycles. The number of halogens is 1. The summed E-state index contributed by atoms with van der Waals surface area (Å²) in [6.45, 7) is 7.10. The predicted octanol–water partition coefficient (Wildman–Crippen LogP) is 4.60. The highest BCUT2D eigenvalue weighted by Crippen LogP contribution is 2.33. The molecule has 1 fully saturated rings. The second-order valence-corrected chi connectivity index (χ2v) is 9.91. The largest absolute Gasteiger partial charge is 0.495 e. The zero-order valence-electron chi connectivity index (χ0n) is 17.8. The molecule has 0 saturated carbocycles. The second-order valence-electron chi connectivity index (χ2n) is 7.64. The third-order valence-corrected chi connectivity index (χ3v) is 7.45. The molecule has 0 spiro atoms. The van der Waals surface area contributed by atoms with E-state index < -0.39 is 10.0 Å². The van der Waals surface area contributed by atoms with Crippen LogP contribution in [0.15, 0.2) is 60.0 Å². The number of hydrogen-bond donors (Lipinski definition) is 0. The lowest BCUT2D eigenvalue weighted by Gasteiger charge is -2.31. The van der Waals surface area contributed by atoms with Crippen molar-refractivity contribution in [2.45, 2.75) is 24.7 Å². The van der Waals surface area contributed by atoms with E-state index in [1.807, 2.05) is 0 Å². The Labute approximate surface area is 189 Å². The summed E-state index contributed by atoms with van der Waals surface area (Å²) >= 11 is 6.31. The van der Waals surface area contributed by atoms with Crippen LogP contribution in [0.25, 0.3) is 0 Å². The molecule has 1 heterocycles. The van der Waals surface area contributed by atoms with Crippen molar-refractivity contribution < 1.29 is 17.9 Å². The minimum Gasteiger partial charge on any atom is -0.495 e. The number of nitrogens with zero attached hydrogens (tertiary/aromatic N) is 2. The summed E-state index contributed by atoms with van der Waals surface area (Å²) in [7, 11) is -2.53. The number of carbonyl (C=O) groups is 1. The van der Waals surface area contributed by atoms with Crippen molar-refractivity contribution in [2.75, 3.05) is 31.0 Å². The van der Waals surface area contributed by atoms with Crippen molar-refractivity contribution in [3.05, 3.63) is 65.7 Å². The van der Waals surface area contributed by atoms with Gasteiger partial charge in [-0.3, -0.25) is 9.10 Å². The fourth-order valence-electron chi connectivity index (χ4n) is 3.78. The smallest absolute Gasteiger partial charge is 0.264 e. The van der Waals surface area contributed by atoms with Crippen LogP contribution >= 0.6 is 11.6 Å². The SMILES string of the molecule is C=CCN(c1ccccc1OC)S(=O)(=O)c1ccc(Cl)c(C(=O)N2CCCC(C)C2)c1. The number of likely N-dealkylation sites (tertiary alicyclic amines) is 1. The maximum Gasteiger partial charge on any atom is 0.264 e. The van der Waals surface area contributed by atoms with Gasteiger partial charge in [0.05, 0.1) is 34.8 Å². The number of rotatable bonds is 7. The maximum atomic E-state index is 13.6. The van der Waals surface area contributed by atoms with Crippen LogP contribution in [-0.4, -0.2) is 46.0 Å². The van der Waals surface area contributed by atoms with Gasteiger partial charge in [-0.2, -0.15) is 0 Å². The highest BCUT2D eigenvalue weighted by molar-refractivity contribution is 7.92. The first-order valence-corrected chi connectivity index (χ1v) is 12.0. The first-order chi connectivity index (χ1) is 14.8. The number of ether oxygens (including phenoxy) is 1. The number of piperidine rings is 1. The number of methoxy groups -OCH3 is 1. The number of sulfonamides is 1. The summed E-state index contributed by atoms with van der Waals surface area (Å²) in [6, 6.07) is 11.1. The van der Waals surface area contributed by atoms with Crippen LogP contribution in [0.3, 0.4) is 0 Å². The zero-order valence-corrected chi connectivity index (χ0v) is 19.3. The van der Waals surface area contributed by atoms with Gasteiger partial charge < -0.3 is 9.64 Å². The Hall–Kier alpha value is -2.51. The highest BCUT2D eigenvalue weighted by Gasteiger charge is 2.29. The van der Waals surface area contributed by atoms with Gasteiger partial charge in [-0.05, 0) is 49.1 Å². The molecular formula is C23H27ClN2O4S. The van der Waals surface area contributed by atoms with Gasteiger partial charge in [0.25, 0.3) is 15.9 Å². The van der Waals surface area contributed by atoms with Crippen molar-refractivity contribution >= 4 is 33.2 Å². The first kappa shape index (κ1) is 23.2. The van der Waals surface area contributed by atoms with Gasteiger partial charge in [0, 0.05) is 13.1 Å². The molecule has 2 aromatic rings. The van der Waals surface area contributed by atoms with Gasteiger partial charge in [-0.25, -0.2) is 8.42 Å². The molecule has 8 heteroatoms. The van der Waals surface area contributed by atoms with E-state index in [-0.39, 0.29) is 27.9 Å². The lowest BCUT2D eigenvalue weighted by Crippen LogP contribution is -2.39. The van der Waals surface area contributed by atoms with E-state index in [0.717, 1.165) is 12.8 Å². The van der Waals surface area contributed by atoms with Gasteiger partial charge in [-0.1, -0.05) is 36.7 Å². The summed E-state index contributed by atoms with van der Waals surface area (Å²) in [5, 5.41) is 0.231. The topological polar surface area (TPSA) is 66.9 Å². The summed E-state index contributed by atoms with van der Waals surface area (Å²) in [5.74, 6) is 0.568. The van der Waals surface area contributed by atoms with Crippen LogP contribution < -0.4 is 9.04 Å². The number of benzene rings is 2. The zero-order chi connectivity index (χ0) is 22.6. The molecule has 2 aromatic carbocycles. The van der Waals surface area contributed by atoms with E-state index >= 15 is 0 Å². The number of para-hydroxylation sites is 2. The van der Waals surface area contributed by atoms with Crippen LogP contribution in [-0.2, 0) is 10.0 Å². The third-order valence-electron chi connectivity index (χ3n) is 5.35. The van der Waals surface area contributed by atoms with Crippen LogP contribution in [0.2, 0.25) is 5.02 Å². The normalized spacial score (nSPS) is 16.6. The van der Waals surface area contributed by atoms with Crippen molar-refractivity contribution in [2.24, 2.45) is 5.92 Å². The Morgan fingerprint density at radius 3 is 2.74 bits per heavy atom. The Kier molecular flexibility index (Phi) is 7.28. The molecule has 0 radical (unpaired) electrons. The van der Waals surface area contributed by atoms with Gasteiger partial charge in [0.2, 0.25) is 0 Å². The van der Waals surface area contributed by atoms with Crippen LogP contribution in [0.1, 0.15) is 30.1 Å². The molecule has 0 aromatic heterocycles. The van der Waals surface area contributed by atoms with Crippen LogP contribution in [0.5, 0.6) is 5.75 Å². The van der Waals surface area contributed by atoms with E-state index in [9.17, 15) is 13.2 Å². The molecule has 0 bridgehead atoms. The average molecular weight is 463 g/mol. The fourth-order valence-corrected chi connectivity index (χ4v) is 5.45. The summed E-state index contributed by atoms with van der Waals surface area (Å²) in [5.41, 5.74) is 0.577. The lowest BCUT2D eigenvalue weighted by molar-refractivity contribution is 0.0683. The minimum atomic E-state index is -4.01. The average Bonchev–Trinajstić information content (AvgIpc) is 2.77. The van der Waals surface area contributed by atoms with Crippen molar-refractivity contribution in [1.29, 1.82) is 0 Å². The van der Waals surface area contributed by atoms with Crippen LogP contribution in [0, 0.1) is 5.92 Å². The molecule has 1 atom stereocenters. The van der Waals surface area contributed by atoms with E-state index in [1.165, 1.54) is 35.7 Å². The van der Waals surface area contributed by atoms with Crippen molar-refractivity contribution in [3.63, 3.8) is 0 Å². The molecule has 31 heavy (non-hydrogen) atoms. The van der Waals surface area contributed by atoms with Gasteiger partial charge in [0.1, 0.15) is 5.75 Å². The minimum absolute atomic E-state index is 0.0157. The standard InChI is InChI=1S/C23H27ClN2O4S/c1-4-13-26(21-9-5-6-10-22(21)30-3)31(28,29)18-11-12-20(24)19(15-18)23(27)25-14-7-8-17(2)16-25/h4-6,9-12,15,17H,1,7-8,13-14,16H2,2-3H3. The van der Waals surface area contributed by atoms with Gasteiger partial charge >= 0.3 is 0 Å². The number of carbonyl (C=O) groups excluding carboxylic acids is 1. The Bertz CT molecular complexity index is 1070. The highest BCUT2D eigenvalue weighted by atomic mass is 35.5. The van der Waals surface area contributed by atoms with Gasteiger partial charge in [-0.15, -0.1) is 6.58 Å². The molecule has 166 valence electrons. The van der Waals surface area contributed by atoms with Crippen LogP contribution in [0.4, 0.5) is 5.69 Å². The molecule has 1 aliphatic rings. The summed E-state index contributed by atoms with van der Waals surface area (Å²) in [6.07, 6.45) is 3.49. The Morgan fingerprint density at radius 2 is 2.06 bits per heavy atom. The molecule has 6 nitrogen and oxygen atoms in total. The van der Waals surface area contributed by atoms with Crippen molar-refractivity contribution in [1.82, 2.24) is 4.90 Å².